The number of carbonyl (C=O) groups is 2. The average molecular weight is 365 g/mol. The summed E-state index contributed by atoms with van der Waals surface area (Å²) in [7, 11) is 3.06. The van der Waals surface area contributed by atoms with Gasteiger partial charge in [-0.1, -0.05) is 0 Å². The van der Waals surface area contributed by atoms with Crippen LogP contribution in [0.3, 0.4) is 0 Å². The van der Waals surface area contributed by atoms with Crippen LogP contribution in [0.15, 0.2) is 42.5 Å². The highest BCUT2D eigenvalue weighted by Gasteiger charge is 2.35. The Hall–Kier alpha value is -3.53. The van der Waals surface area contributed by atoms with Gasteiger partial charge in [0, 0.05) is 24.7 Å². The molecule has 0 bridgehead atoms. The fraction of sp³-hybridized carbons (Fsp3) is 0.250. The highest BCUT2D eigenvalue weighted by Crippen LogP contribution is 2.31. The summed E-state index contributed by atoms with van der Waals surface area (Å²) in [5.41, 5.74) is 1.68. The molecule has 138 valence electrons. The van der Waals surface area contributed by atoms with Crippen LogP contribution in [0, 0.1) is 17.2 Å². The van der Waals surface area contributed by atoms with E-state index in [-0.39, 0.29) is 24.8 Å². The monoisotopic (exact) mass is 365 g/mol. The maximum absolute atomic E-state index is 12.7. The van der Waals surface area contributed by atoms with Crippen molar-refractivity contribution in [3.8, 4) is 17.6 Å². The summed E-state index contributed by atoms with van der Waals surface area (Å²) in [5, 5.41) is 11.7. The second-order valence-electron chi connectivity index (χ2n) is 6.12. The number of anilines is 2. The number of methoxy groups -OCH3 is 2. The van der Waals surface area contributed by atoms with Gasteiger partial charge in [-0.2, -0.15) is 5.26 Å². The Labute approximate surface area is 157 Å². The minimum absolute atomic E-state index is 0.123. The lowest BCUT2D eigenvalue weighted by Crippen LogP contribution is -2.28. The zero-order valence-electron chi connectivity index (χ0n) is 15.1. The van der Waals surface area contributed by atoms with Crippen LogP contribution in [0.1, 0.15) is 12.0 Å². The van der Waals surface area contributed by atoms with Crippen LogP contribution >= 0.6 is 0 Å². The van der Waals surface area contributed by atoms with E-state index in [0.29, 0.717) is 28.4 Å². The van der Waals surface area contributed by atoms with Gasteiger partial charge in [0.25, 0.3) is 0 Å². The number of hydrogen-bond acceptors (Lipinski definition) is 5. The Bertz CT molecular complexity index is 902. The van der Waals surface area contributed by atoms with Crippen LogP contribution in [0.4, 0.5) is 11.4 Å². The SMILES string of the molecule is COc1ccc(OC)c(NC(=O)C2CC(=O)N(c3ccc(C#N)cc3)C2)c1. The van der Waals surface area contributed by atoms with Crippen molar-refractivity contribution >= 4 is 23.2 Å². The van der Waals surface area contributed by atoms with Gasteiger partial charge in [0.05, 0.1) is 37.5 Å². The maximum Gasteiger partial charge on any atom is 0.229 e. The van der Waals surface area contributed by atoms with Gasteiger partial charge in [-0.05, 0) is 36.4 Å². The van der Waals surface area contributed by atoms with Gasteiger partial charge < -0.3 is 19.7 Å². The molecular formula is C20H19N3O4. The number of nitriles is 1. The minimum atomic E-state index is -0.482. The summed E-state index contributed by atoms with van der Waals surface area (Å²) < 4.78 is 10.4. The summed E-state index contributed by atoms with van der Waals surface area (Å²) >= 11 is 0. The number of rotatable bonds is 5. The van der Waals surface area contributed by atoms with Crippen LogP contribution < -0.4 is 19.7 Å². The maximum atomic E-state index is 12.7. The first kappa shape index (κ1) is 18.3. The number of benzene rings is 2. The minimum Gasteiger partial charge on any atom is -0.497 e. The molecule has 0 aromatic heterocycles. The van der Waals surface area contributed by atoms with Crippen molar-refractivity contribution in [3.63, 3.8) is 0 Å². The van der Waals surface area contributed by atoms with E-state index in [1.807, 2.05) is 6.07 Å². The van der Waals surface area contributed by atoms with Gasteiger partial charge in [0.2, 0.25) is 11.8 Å². The zero-order chi connectivity index (χ0) is 19.4. The van der Waals surface area contributed by atoms with Gasteiger partial charge in [0.15, 0.2) is 0 Å². The molecule has 0 aliphatic carbocycles. The Morgan fingerprint density at radius 3 is 2.56 bits per heavy atom. The normalized spacial score (nSPS) is 16.0. The Balaban J connectivity index is 1.73. The standard InChI is InChI=1S/C20H19N3O4/c1-26-16-7-8-18(27-2)17(10-16)22-20(25)14-9-19(24)23(12-14)15-5-3-13(11-21)4-6-15/h3-8,10,14H,9,12H2,1-2H3,(H,22,25). The van der Waals surface area contributed by atoms with Gasteiger partial charge in [0.1, 0.15) is 11.5 Å². The van der Waals surface area contributed by atoms with Crippen LogP contribution in [0.5, 0.6) is 11.5 Å². The Morgan fingerprint density at radius 1 is 1.19 bits per heavy atom. The average Bonchev–Trinajstić information content (AvgIpc) is 3.09. The van der Waals surface area contributed by atoms with Gasteiger partial charge >= 0.3 is 0 Å². The molecule has 2 aromatic carbocycles. The number of amides is 2. The third-order valence-electron chi connectivity index (χ3n) is 4.47. The molecule has 3 rings (SSSR count). The topological polar surface area (TPSA) is 91.7 Å². The van der Waals surface area contributed by atoms with E-state index in [9.17, 15) is 9.59 Å². The van der Waals surface area contributed by atoms with E-state index in [1.165, 1.54) is 7.11 Å². The van der Waals surface area contributed by atoms with Crippen LogP contribution in [0.2, 0.25) is 0 Å². The Kier molecular flexibility index (Phi) is 5.27. The summed E-state index contributed by atoms with van der Waals surface area (Å²) in [6, 6.07) is 13.9. The van der Waals surface area contributed by atoms with Crippen molar-refractivity contribution < 1.29 is 19.1 Å². The molecule has 0 spiro atoms. The molecule has 1 unspecified atom stereocenters. The third-order valence-corrected chi connectivity index (χ3v) is 4.47. The molecule has 1 heterocycles. The highest BCUT2D eigenvalue weighted by molar-refractivity contribution is 6.04. The first-order valence-electron chi connectivity index (χ1n) is 8.39. The lowest BCUT2D eigenvalue weighted by molar-refractivity contribution is -0.122. The fourth-order valence-electron chi connectivity index (χ4n) is 3.00. The number of nitrogens with one attached hydrogen (secondary N) is 1. The second-order valence-corrected chi connectivity index (χ2v) is 6.12. The molecule has 1 aliphatic rings. The largest absolute Gasteiger partial charge is 0.497 e. The zero-order valence-corrected chi connectivity index (χ0v) is 15.1. The van der Waals surface area contributed by atoms with Crippen LogP contribution in [-0.4, -0.2) is 32.6 Å². The molecule has 0 saturated carbocycles. The molecule has 1 atom stereocenters. The van der Waals surface area contributed by atoms with Gasteiger partial charge in [-0.3, -0.25) is 9.59 Å². The summed E-state index contributed by atoms with van der Waals surface area (Å²) in [4.78, 5) is 26.6. The number of hydrogen-bond donors (Lipinski definition) is 1. The molecule has 0 radical (unpaired) electrons. The number of nitrogens with zero attached hydrogens (tertiary/aromatic N) is 2. The summed E-state index contributed by atoms with van der Waals surface area (Å²) in [6.07, 6.45) is 0.123. The molecule has 2 amide bonds. The van der Waals surface area contributed by atoms with Crippen molar-refractivity contribution in [1.82, 2.24) is 0 Å². The first-order chi connectivity index (χ1) is 13.0. The van der Waals surface area contributed by atoms with E-state index in [0.717, 1.165) is 0 Å². The summed E-state index contributed by atoms with van der Waals surface area (Å²) in [5.74, 6) is 0.234. The summed E-state index contributed by atoms with van der Waals surface area (Å²) in [6.45, 7) is 0.281. The Morgan fingerprint density at radius 2 is 1.93 bits per heavy atom. The predicted octanol–water partition coefficient (Wildman–Crippen LogP) is 2.57. The molecule has 7 heteroatoms. The van der Waals surface area contributed by atoms with Crippen molar-refractivity contribution in [1.29, 1.82) is 5.26 Å². The molecule has 27 heavy (non-hydrogen) atoms. The van der Waals surface area contributed by atoms with Crippen LogP contribution in [0.25, 0.3) is 0 Å². The molecule has 1 aliphatic heterocycles. The van der Waals surface area contributed by atoms with E-state index in [2.05, 4.69) is 5.32 Å². The van der Waals surface area contributed by atoms with E-state index in [4.69, 9.17) is 14.7 Å². The predicted molar refractivity (Wildman–Crippen MR) is 99.8 cm³/mol. The van der Waals surface area contributed by atoms with E-state index >= 15 is 0 Å². The first-order valence-corrected chi connectivity index (χ1v) is 8.39. The van der Waals surface area contributed by atoms with E-state index in [1.54, 1.807) is 54.5 Å². The molecule has 1 N–H and O–H groups in total. The molecule has 2 aromatic rings. The second kappa shape index (κ2) is 7.79. The fourth-order valence-corrected chi connectivity index (χ4v) is 3.00. The van der Waals surface area contributed by atoms with E-state index < -0.39 is 5.92 Å². The number of carbonyl (C=O) groups excluding carboxylic acids is 2. The quantitative estimate of drug-likeness (QED) is 0.879. The molecule has 1 fully saturated rings. The molecular weight excluding hydrogens is 346 g/mol. The van der Waals surface area contributed by atoms with Crippen molar-refractivity contribution in [2.24, 2.45) is 5.92 Å². The molecule has 1 saturated heterocycles. The van der Waals surface area contributed by atoms with Crippen molar-refractivity contribution in [2.75, 3.05) is 31.0 Å². The van der Waals surface area contributed by atoms with Gasteiger partial charge in [-0.25, -0.2) is 0 Å². The van der Waals surface area contributed by atoms with Gasteiger partial charge in [-0.15, -0.1) is 0 Å². The smallest absolute Gasteiger partial charge is 0.229 e. The number of ether oxygens (including phenoxy) is 2. The van der Waals surface area contributed by atoms with Crippen LogP contribution in [-0.2, 0) is 9.59 Å². The highest BCUT2D eigenvalue weighted by atomic mass is 16.5. The lowest BCUT2D eigenvalue weighted by Gasteiger charge is -2.17. The van der Waals surface area contributed by atoms with Crippen molar-refractivity contribution in [2.45, 2.75) is 6.42 Å². The molecule has 7 nitrogen and oxygen atoms in total. The van der Waals surface area contributed by atoms with Crippen molar-refractivity contribution in [3.05, 3.63) is 48.0 Å². The lowest BCUT2D eigenvalue weighted by atomic mass is 10.1. The third kappa shape index (κ3) is 3.85.